The molecule has 3 heterocycles. The molecule has 28 heavy (non-hydrogen) atoms. The highest BCUT2D eigenvalue weighted by Crippen LogP contribution is 2.31. The zero-order chi connectivity index (χ0) is 19.5. The van der Waals surface area contributed by atoms with Crippen LogP contribution in [0.15, 0.2) is 30.5 Å². The predicted octanol–water partition coefficient (Wildman–Crippen LogP) is 2.54. The van der Waals surface area contributed by atoms with Gasteiger partial charge in [-0.15, -0.1) is 0 Å². The van der Waals surface area contributed by atoms with Gasteiger partial charge in [0.15, 0.2) is 5.78 Å². The highest BCUT2D eigenvalue weighted by molar-refractivity contribution is 6.07. The first-order valence-corrected chi connectivity index (χ1v) is 9.77. The molecule has 2 saturated heterocycles. The summed E-state index contributed by atoms with van der Waals surface area (Å²) in [6.07, 6.45) is 3.45. The van der Waals surface area contributed by atoms with Crippen LogP contribution in [0.1, 0.15) is 29.6 Å². The summed E-state index contributed by atoms with van der Waals surface area (Å²) in [5, 5.41) is 6.94. The molecule has 1 aromatic carbocycles. The van der Waals surface area contributed by atoms with Crippen molar-refractivity contribution in [3.8, 4) is 5.75 Å². The van der Waals surface area contributed by atoms with Crippen LogP contribution >= 0.6 is 0 Å². The third-order valence-electron chi connectivity index (χ3n) is 5.85. The van der Waals surface area contributed by atoms with Crippen LogP contribution in [0.25, 0.3) is 10.9 Å². The Morgan fingerprint density at radius 3 is 3.00 bits per heavy atom. The molecule has 2 aliphatic rings. The standard InChI is InChI=1S/C21H25N3O4/c1-27-14-3-4-18-16(10-14)15(7-9-23-18)19(25)5-2-13-6-8-22-11-17(13)20-12-24-21(26)28-20/h3-4,7,9-10,13,17,20,22H,2,5-6,8,11-12H2,1H3,(H,24,26)/t13-,17+,20?/m1/s1. The minimum atomic E-state index is -0.345. The minimum absolute atomic E-state index is 0.111. The van der Waals surface area contributed by atoms with E-state index >= 15 is 0 Å². The number of aromatic nitrogens is 1. The molecule has 3 atom stereocenters. The summed E-state index contributed by atoms with van der Waals surface area (Å²) in [6.45, 7) is 2.29. The van der Waals surface area contributed by atoms with E-state index in [1.165, 1.54) is 0 Å². The number of amides is 1. The number of cyclic esters (lactones) is 1. The van der Waals surface area contributed by atoms with Crippen molar-refractivity contribution in [1.29, 1.82) is 0 Å². The van der Waals surface area contributed by atoms with Gasteiger partial charge < -0.3 is 20.1 Å². The Hall–Kier alpha value is -2.67. The average molecular weight is 383 g/mol. The van der Waals surface area contributed by atoms with E-state index in [-0.39, 0.29) is 23.9 Å². The summed E-state index contributed by atoms with van der Waals surface area (Å²) < 4.78 is 10.7. The second-order valence-electron chi connectivity index (χ2n) is 7.44. The Kier molecular flexibility index (Phi) is 5.43. The molecule has 1 aromatic heterocycles. The highest BCUT2D eigenvalue weighted by atomic mass is 16.6. The lowest BCUT2D eigenvalue weighted by Crippen LogP contribution is -2.44. The van der Waals surface area contributed by atoms with Crippen LogP contribution in [0.5, 0.6) is 5.75 Å². The second kappa shape index (κ2) is 8.14. The number of nitrogens with zero attached hydrogens (tertiary/aromatic N) is 1. The minimum Gasteiger partial charge on any atom is -0.497 e. The van der Waals surface area contributed by atoms with Crippen LogP contribution < -0.4 is 15.4 Å². The lowest BCUT2D eigenvalue weighted by molar-refractivity contribution is 0.0608. The molecule has 0 spiro atoms. The maximum absolute atomic E-state index is 13.0. The van der Waals surface area contributed by atoms with Crippen LogP contribution in [0, 0.1) is 11.8 Å². The van der Waals surface area contributed by atoms with Crippen LogP contribution in [-0.2, 0) is 4.74 Å². The molecule has 4 rings (SSSR count). The number of fused-ring (bicyclic) bond motifs is 1. The molecule has 1 unspecified atom stereocenters. The molecule has 0 radical (unpaired) electrons. The number of carbonyl (C=O) groups is 2. The SMILES string of the molecule is COc1ccc2nccc(C(=O)CC[C@@H]3CCNC[C@@H]3C3CNC(=O)O3)c2c1. The van der Waals surface area contributed by atoms with Crippen molar-refractivity contribution in [3.05, 3.63) is 36.0 Å². The second-order valence-corrected chi connectivity index (χ2v) is 7.44. The van der Waals surface area contributed by atoms with E-state index in [1.54, 1.807) is 19.4 Å². The van der Waals surface area contributed by atoms with E-state index in [2.05, 4.69) is 15.6 Å². The maximum Gasteiger partial charge on any atom is 0.407 e. The van der Waals surface area contributed by atoms with E-state index in [0.717, 1.165) is 36.8 Å². The molecule has 2 aliphatic heterocycles. The quantitative estimate of drug-likeness (QED) is 0.745. The molecule has 7 nitrogen and oxygen atoms in total. The van der Waals surface area contributed by atoms with E-state index in [4.69, 9.17) is 9.47 Å². The van der Waals surface area contributed by atoms with Crippen LogP contribution in [0.2, 0.25) is 0 Å². The topological polar surface area (TPSA) is 89.5 Å². The Morgan fingerprint density at radius 1 is 1.32 bits per heavy atom. The number of alkyl carbamates (subject to hydrolysis) is 1. The third kappa shape index (κ3) is 3.80. The van der Waals surface area contributed by atoms with Crippen molar-refractivity contribution in [3.63, 3.8) is 0 Å². The van der Waals surface area contributed by atoms with Gasteiger partial charge in [-0.2, -0.15) is 0 Å². The number of benzene rings is 1. The molecule has 2 N–H and O–H groups in total. The van der Waals surface area contributed by atoms with E-state index in [1.807, 2.05) is 18.2 Å². The normalized spacial score (nSPS) is 24.6. The Balaban J connectivity index is 1.47. The molecule has 148 valence electrons. The molecule has 0 saturated carbocycles. The summed E-state index contributed by atoms with van der Waals surface area (Å²) in [4.78, 5) is 28.8. The largest absolute Gasteiger partial charge is 0.497 e. The Bertz CT molecular complexity index is 885. The molecule has 0 bridgehead atoms. The van der Waals surface area contributed by atoms with Gasteiger partial charge in [0.05, 0.1) is 19.2 Å². The summed E-state index contributed by atoms with van der Waals surface area (Å²) in [5.74, 6) is 1.41. The number of nitrogens with one attached hydrogen (secondary N) is 2. The number of pyridine rings is 1. The number of methoxy groups -OCH3 is 1. The van der Waals surface area contributed by atoms with Crippen molar-refractivity contribution < 1.29 is 19.1 Å². The molecule has 2 fully saturated rings. The van der Waals surface area contributed by atoms with Crippen molar-refractivity contribution >= 4 is 22.8 Å². The number of ketones is 1. The number of carbonyl (C=O) groups excluding carboxylic acids is 2. The van der Waals surface area contributed by atoms with E-state index in [0.29, 0.717) is 30.2 Å². The van der Waals surface area contributed by atoms with Crippen LogP contribution in [0.4, 0.5) is 4.79 Å². The molecule has 2 aromatic rings. The van der Waals surface area contributed by atoms with Crippen LogP contribution in [-0.4, -0.2) is 49.7 Å². The van der Waals surface area contributed by atoms with Gasteiger partial charge in [-0.25, -0.2) is 4.79 Å². The summed E-state index contributed by atoms with van der Waals surface area (Å²) in [7, 11) is 1.61. The predicted molar refractivity (Wildman–Crippen MR) is 105 cm³/mol. The number of hydrogen-bond acceptors (Lipinski definition) is 6. The van der Waals surface area contributed by atoms with Gasteiger partial charge in [-0.3, -0.25) is 9.78 Å². The van der Waals surface area contributed by atoms with Gasteiger partial charge in [-0.1, -0.05) is 0 Å². The summed E-state index contributed by atoms with van der Waals surface area (Å²) in [5.41, 5.74) is 1.47. The fourth-order valence-corrected chi connectivity index (χ4v) is 4.32. The number of Topliss-reactive ketones (excluding diaryl/α,β-unsaturated/α-hetero) is 1. The van der Waals surface area contributed by atoms with Gasteiger partial charge in [0.25, 0.3) is 0 Å². The summed E-state index contributed by atoms with van der Waals surface area (Å²) in [6, 6.07) is 7.37. The number of ether oxygens (including phenoxy) is 2. The number of rotatable bonds is 6. The molecular formula is C21H25N3O4. The van der Waals surface area contributed by atoms with Gasteiger partial charge >= 0.3 is 6.09 Å². The van der Waals surface area contributed by atoms with Gasteiger partial charge in [-0.05, 0) is 49.6 Å². The summed E-state index contributed by atoms with van der Waals surface area (Å²) >= 11 is 0. The fourth-order valence-electron chi connectivity index (χ4n) is 4.32. The Labute approximate surface area is 163 Å². The number of hydrogen-bond donors (Lipinski definition) is 2. The average Bonchev–Trinajstić information content (AvgIpc) is 3.17. The molecule has 0 aliphatic carbocycles. The number of piperidine rings is 1. The first-order chi connectivity index (χ1) is 13.7. The highest BCUT2D eigenvalue weighted by Gasteiger charge is 2.37. The smallest absolute Gasteiger partial charge is 0.407 e. The fraction of sp³-hybridized carbons (Fsp3) is 0.476. The van der Waals surface area contributed by atoms with E-state index in [9.17, 15) is 9.59 Å². The third-order valence-corrected chi connectivity index (χ3v) is 5.85. The van der Waals surface area contributed by atoms with Crippen LogP contribution in [0.3, 0.4) is 0 Å². The first-order valence-electron chi connectivity index (χ1n) is 9.77. The van der Waals surface area contributed by atoms with Crippen molar-refractivity contribution in [2.45, 2.75) is 25.4 Å². The molecule has 7 heteroatoms. The molecule has 1 amide bonds. The lowest BCUT2D eigenvalue weighted by Gasteiger charge is -2.34. The monoisotopic (exact) mass is 383 g/mol. The van der Waals surface area contributed by atoms with Crippen molar-refractivity contribution in [2.24, 2.45) is 11.8 Å². The van der Waals surface area contributed by atoms with Crippen molar-refractivity contribution in [2.75, 3.05) is 26.7 Å². The zero-order valence-corrected chi connectivity index (χ0v) is 15.9. The first kappa shape index (κ1) is 18.7. The van der Waals surface area contributed by atoms with Crippen molar-refractivity contribution in [1.82, 2.24) is 15.6 Å². The van der Waals surface area contributed by atoms with E-state index < -0.39 is 0 Å². The molecular weight excluding hydrogens is 358 g/mol. The van der Waals surface area contributed by atoms with Gasteiger partial charge in [0.2, 0.25) is 0 Å². The Morgan fingerprint density at radius 2 is 2.21 bits per heavy atom. The zero-order valence-electron chi connectivity index (χ0n) is 15.9. The maximum atomic E-state index is 13.0. The van der Waals surface area contributed by atoms with Gasteiger partial charge in [0.1, 0.15) is 11.9 Å². The van der Waals surface area contributed by atoms with Gasteiger partial charge in [0, 0.05) is 36.0 Å². The lowest BCUT2D eigenvalue weighted by atomic mass is 9.79.